The van der Waals surface area contributed by atoms with Gasteiger partial charge < -0.3 is 4.90 Å². The summed E-state index contributed by atoms with van der Waals surface area (Å²) in [6.45, 7) is 2.98. The van der Waals surface area contributed by atoms with Gasteiger partial charge in [0.2, 0.25) is 0 Å². The second-order valence-corrected chi connectivity index (χ2v) is 6.85. The molecule has 1 aromatic carbocycles. The van der Waals surface area contributed by atoms with Gasteiger partial charge >= 0.3 is 0 Å². The Morgan fingerprint density at radius 2 is 2.12 bits per heavy atom. The Bertz CT molecular complexity index is 997. The molecule has 0 spiro atoms. The fourth-order valence-electron chi connectivity index (χ4n) is 3.32. The van der Waals surface area contributed by atoms with Gasteiger partial charge in [0.05, 0.1) is 17.6 Å². The minimum Gasteiger partial charge on any atom is -0.334 e. The van der Waals surface area contributed by atoms with Crippen LogP contribution in [0.15, 0.2) is 36.9 Å². The van der Waals surface area contributed by atoms with Crippen LogP contribution in [0.4, 0.5) is 0 Å². The summed E-state index contributed by atoms with van der Waals surface area (Å²) in [5.41, 5.74) is 5.19. The molecule has 2 aromatic heterocycles. The first-order chi connectivity index (χ1) is 12.5. The predicted octanol–water partition coefficient (Wildman–Crippen LogP) is 3.04. The molecule has 0 aliphatic carbocycles. The average molecular weight is 368 g/mol. The van der Waals surface area contributed by atoms with E-state index in [1.54, 1.807) is 23.3 Å². The van der Waals surface area contributed by atoms with E-state index in [1.807, 2.05) is 37.2 Å². The van der Waals surface area contributed by atoms with Gasteiger partial charge in [-0.05, 0) is 24.6 Å². The zero-order chi connectivity index (χ0) is 18.3. The summed E-state index contributed by atoms with van der Waals surface area (Å²) in [5, 5.41) is 4.83. The van der Waals surface area contributed by atoms with E-state index in [-0.39, 0.29) is 5.91 Å². The molecule has 132 valence electrons. The van der Waals surface area contributed by atoms with Crippen molar-refractivity contribution in [2.75, 3.05) is 6.54 Å². The lowest BCUT2D eigenvalue weighted by atomic mass is 9.99. The average Bonchev–Trinajstić information content (AvgIpc) is 3.08. The summed E-state index contributed by atoms with van der Waals surface area (Å²) >= 11 is 6.19. The number of hydrogen-bond acceptors (Lipinski definition) is 4. The quantitative estimate of drug-likeness (QED) is 0.698. The van der Waals surface area contributed by atoms with Crippen LogP contribution in [0.25, 0.3) is 11.3 Å². The van der Waals surface area contributed by atoms with Gasteiger partial charge in [0.15, 0.2) is 0 Å². The summed E-state index contributed by atoms with van der Waals surface area (Å²) in [6, 6.07) is 5.43. The Labute approximate surface area is 156 Å². The topological polar surface area (TPSA) is 63.9 Å². The first-order valence-corrected chi connectivity index (χ1v) is 8.78. The number of fused-ring (bicyclic) bond motifs is 1. The molecule has 4 rings (SSSR count). The lowest BCUT2D eigenvalue weighted by Gasteiger charge is -2.29. The molecule has 7 heteroatoms. The van der Waals surface area contributed by atoms with Crippen LogP contribution in [0.1, 0.15) is 27.2 Å². The van der Waals surface area contributed by atoms with Crippen molar-refractivity contribution in [1.29, 1.82) is 0 Å². The number of aromatic nitrogens is 4. The Kier molecular flexibility index (Phi) is 4.20. The Morgan fingerprint density at radius 3 is 2.88 bits per heavy atom. The van der Waals surface area contributed by atoms with E-state index in [0.29, 0.717) is 30.1 Å². The summed E-state index contributed by atoms with van der Waals surface area (Å²) in [6.07, 6.45) is 5.99. The molecular weight excluding hydrogens is 350 g/mol. The number of benzene rings is 1. The van der Waals surface area contributed by atoms with Gasteiger partial charge in [-0.1, -0.05) is 17.7 Å². The van der Waals surface area contributed by atoms with E-state index in [1.165, 1.54) is 0 Å². The van der Waals surface area contributed by atoms with E-state index < -0.39 is 0 Å². The van der Waals surface area contributed by atoms with Crippen molar-refractivity contribution in [3.8, 4) is 11.3 Å². The fourth-order valence-corrected chi connectivity index (χ4v) is 3.49. The summed E-state index contributed by atoms with van der Waals surface area (Å²) in [4.78, 5) is 23.7. The van der Waals surface area contributed by atoms with Crippen LogP contribution in [0.2, 0.25) is 5.02 Å². The molecule has 3 heterocycles. The largest absolute Gasteiger partial charge is 0.334 e. The maximum absolute atomic E-state index is 13.0. The molecule has 0 saturated carbocycles. The molecule has 0 fully saturated rings. The van der Waals surface area contributed by atoms with Crippen LogP contribution in [0.5, 0.6) is 0 Å². The maximum Gasteiger partial charge on any atom is 0.254 e. The van der Waals surface area contributed by atoms with Crippen LogP contribution in [0, 0.1) is 6.92 Å². The standard InChI is InChI=1S/C19H18ClN5O/c1-12-14(4-3-5-16(12)20)19(26)25-7-6-17-15(10-25)18(22-11-21-17)13-8-23-24(2)9-13/h3-5,8-9,11H,6-7,10H2,1-2H3. The minimum atomic E-state index is -0.0170. The molecule has 26 heavy (non-hydrogen) atoms. The predicted molar refractivity (Wildman–Crippen MR) is 98.9 cm³/mol. The van der Waals surface area contributed by atoms with Gasteiger partial charge in [0, 0.05) is 54.5 Å². The minimum absolute atomic E-state index is 0.0170. The Hall–Kier alpha value is -2.73. The lowest BCUT2D eigenvalue weighted by Crippen LogP contribution is -2.37. The summed E-state index contributed by atoms with van der Waals surface area (Å²) in [7, 11) is 1.87. The first kappa shape index (κ1) is 16.7. The van der Waals surface area contributed by atoms with Gasteiger partial charge in [-0.3, -0.25) is 9.48 Å². The number of nitrogens with zero attached hydrogens (tertiary/aromatic N) is 5. The van der Waals surface area contributed by atoms with Crippen LogP contribution in [-0.2, 0) is 20.0 Å². The van der Waals surface area contributed by atoms with Crippen LogP contribution < -0.4 is 0 Å². The highest BCUT2D eigenvalue weighted by Crippen LogP contribution is 2.28. The SMILES string of the molecule is Cc1c(Cl)cccc1C(=O)N1CCc2ncnc(-c3cnn(C)c3)c2C1. The molecule has 1 amide bonds. The van der Waals surface area contributed by atoms with Crippen molar-refractivity contribution in [2.24, 2.45) is 7.05 Å². The molecule has 6 nitrogen and oxygen atoms in total. The van der Waals surface area contributed by atoms with Gasteiger partial charge in [-0.15, -0.1) is 0 Å². The fraction of sp³-hybridized carbons (Fsp3) is 0.263. The van der Waals surface area contributed by atoms with E-state index >= 15 is 0 Å². The Balaban J connectivity index is 1.69. The third kappa shape index (κ3) is 2.86. The van der Waals surface area contributed by atoms with E-state index in [9.17, 15) is 4.79 Å². The third-order valence-electron chi connectivity index (χ3n) is 4.77. The second-order valence-electron chi connectivity index (χ2n) is 6.44. The lowest BCUT2D eigenvalue weighted by molar-refractivity contribution is 0.0733. The van der Waals surface area contributed by atoms with E-state index in [2.05, 4.69) is 15.1 Å². The maximum atomic E-state index is 13.0. The van der Waals surface area contributed by atoms with Crippen LogP contribution in [-0.4, -0.2) is 37.1 Å². The van der Waals surface area contributed by atoms with Gasteiger partial charge in [0.25, 0.3) is 5.91 Å². The van der Waals surface area contributed by atoms with Crippen molar-refractivity contribution in [2.45, 2.75) is 19.9 Å². The number of amides is 1. The van der Waals surface area contributed by atoms with Crippen molar-refractivity contribution in [3.05, 3.63) is 64.3 Å². The summed E-state index contributed by atoms with van der Waals surface area (Å²) in [5.74, 6) is -0.0170. The van der Waals surface area contributed by atoms with Crippen molar-refractivity contribution in [1.82, 2.24) is 24.6 Å². The first-order valence-electron chi connectivity index (χ1n) is 8.40. The molecule has 0 radical (unpaired) electrons. The molecular formula is C19H18ClN5O. The van der Waals surface area contributed by atoms with Crippen LogP contribution >= 0.6 is 11.6 Å². The molecule has 0 atom stereocenters. The zero-order valence-electron chi connectivity index (χ0n) is 14.6. The van der Waals surface area contributed by atoms with Crippen molar-refractivity contribution < 1.29 is 4.79 Å². The van der Waals surface area contributed by atoms with Crippen molar-refractivity contribution in [3.63, 3.8) is 0 Å². The molecule has 0 unspecified atom stereocenters. The highest BCUT2D eigenvalue weighted by atomic mass is 35.5. The number of halogens is 1. The van der Waals surface area contributed by atoms with Crippen LogP contribution in [0.3, 0.4) is 0 Å². The number of aryl methyl sites for hydroxylation is 1. The van der Waals surface area contributed by atoms with Crippen molar-refractivity contribution >= 4 is 17.5 Å². The monoisotopic (exact) mass is 367 g/mol. The van der Waals surface area contributed by atoms with Gasteiger partial charge in [-0.2, -0.15) is 5.10 Å². The van der Waals surface area contributed by atoms with E-state index in [4.69, 9.17) is 11.6 Å². The number of carbonyl (C=O) groups excluding carboxylic acids is 1. The van der Waals surface area contributed by atoms with Gasteiger partial charge in [-0.25, -0.2) is 9.97 Å². The number of carbonyl (C=O) groups is 1. The van der Waals surface area contributed by atoms with E-state index in [0.717, 1.165) is 28.1 Å². The molecule has 1 aliphatic rings. The molecule has 0 saturated heterocycles. The number of hydrogen-bond donors (Lipinski definition) is 0. The third-order valence-corrected chi connectivity index (χ3v) is 5.18. The van der Waals surface area contributed by atoms with Gasteiger partial charge in [0.1, 0.15) is 6.33 Å². The molecule has 0 bridgehead atoms. The normalized spacial score (nSPS) is 13.6. The number of rotatable bonds is 2. The second kappa shape index (κ2) is 6.53. The Morgan fingerprint density at radius 1 is 1.27 bits per heavy atom. The molecule has 3 aromatic rings. The molecule has 0 N–H and O–H groups in total. The highest BCUT2D eigenvalue weighted by molar-refractivity contribution is 6.31. The highest BCUT2D eigenvalue weighted by Gasteiger charge is 2.26. The smallest absolute Gasteiger partial charge is 0.254 e. The zero-order valence-corrected chi connectivity index (χ0v) is 15.4. The summed E-state index contributed by atoms with van der Waals surface area (Å²) < 4.78 is 1.74. The molecule has 1 aliphatic heterocycles.